The SMILES string of the molecule is CCCCCCC(C)(Br)CCCCCCC(C)(C)N. The Labute approximate surface area is 130 Å². The van der Waals surface area contributed by atoms with E-state index < -0.39 is 0 Å². The molecular formula is C17H36BrN. The summed E-state index contributed by atoms with van der Waals surface area (Å²) < 4.78 is 0.369. The molecule has 0 heterocycles. The first-order valence-electron chi connectivity index (χ1n) is 8.25. The van der Waals surface area contributed by atoms with E-state index in [1.54, 1.807) is 0 Å². The molecule has 2 N–H and O–H groups in total. The molecule has 0 amide bonds. The Morgan fingerprint density at radius 2 is 1.16 bits per heavy atom. The second-order valence-electron chi connectivity index (χ2n) is 7.13. The highest BCUT2D eigenvalue weighted by molar-refractivity contribution is 9.10. The van der Waals surface area contributed by atoms with Gasteiger partial charge in [0.05, 0.1) is 0 Å². The van der Waals surface area contributed by atoms with Gasteiger partial charge in [-0.05, 0) is 40.0 Å². The first-order chi connectivity index (χ1) is 8.77. The largest absolute Gasteiger partial charge is 0.326 e. The molecule has 0 aliphatic rings. The summed E-state index contributed by atoms with van der Waals surface area (Å²) in [6.07, 6.45) is 14.6. The number of rotatable bonds is 12. The first kappa shape index (κ1) is 19.4. The van der Waals surface area contributed by atoms with Gasteiger partial charge in [-0.25, -0.2) is 0 Å². The lowest BCUT2D eigenvalue weighted by Gasteiger charge is -2.22. The number of nitrogens with two attached hydrogens (primary N) is 1. The van der Waals surface area contributed by atoms with E-state index in [0.717, 1.165) is 6.42 Å². The predicted octanol–water partition coefficient (Wildman–Crippen LogP) is 6.19. The van der Waals surface area contributed by atoms with E-state index in [1.165, 1.54) is 64.2 Å². The van der Waals surface area contributed by atoms with Crippen LogP contribution in [0.4, 0.5) is 0 Å². The number of alkyl halides is 1. The Bertz CT molecular complexity index is 206. The molecule has 0 saturated carbocycles. The molecule has 0 spiro atoms. The summed E-state index contributed by atoms with van der Waals surface area (Å²) in [6.45, 7) is 8.88. The van der Waals surface area contributed by atoms with Crippen molar-refractivity contribution in [1.82, 2.24) is 0 Å². The summed E-state index contributed by atoms with van der Waals surface area (Å²) >= 11 is 3.92. The smallest absolute Gasteiger partial charge is 0.0229 e. The van der Waals surface area contributed by atoms with Crippen LogP contribution >= 0.6 is 15.9 Å². The van der Waals surface area contributed by atoms with Crippen molar-refractivity contribution < 1.29 is 0 Å². The molecule has 0 aromatic carbocycles. The molecule has 0 aromatic heterocycles. The zero-order valence-corrected chi connectivity index (χ0v) is 15.3. The van der Waals surface area contributed by atoms with Gasteiger partial charge in [0, 0.05) is 9.86 Å². The minimum Gasteiger partial charge on any atom is -0.326 e. The summed E-state index contributed by atoms with van der Waals surface area (Å²) in [7, 11) is 0. The lowest BCUT2D eigenvalue weighted by atomic mass is 9.94. The maximum atomic E-state index is 5.99. The van der Waals surface area contributed by atoms with Gasteiger partial charge in [-0.3, -0.25) is 0 Å². The second kappa shape index (κ2) is 10.2. The van der Waals surface area contributed by atoms with Crippen molar-refractivity contribution in [3.05, 3.63) is 0 Å². The van der Waals surface area contributed by atoms with Crippen molar-refractivity contribution in [2.45, 2.75) is 108 Å². The zero-order chi connectivity index (χ0) is 14.8. The normalized spacial score (nSPS) is 15.5. The number of unbranched alkanes of at least 4 members (excludes halogenated alkanes) is 6. The second-order valence-corrected chi connectivity index (χ2v) is 9.04. The maximum absolute atomic E-state index is 5.99. The van der Waals surface area contributed by atoms with Crippen LogP contribution in [0.25, 0.3) is 0 Å². The third-order valence-electron chi connectivity index (χ3n) is 3.82. The van der Waals surface area contributed by atoms with Crippen LogP contribution in [0.5, 0.6) is 0 Å². The molecule has 0 radical (unpaired) electrons. The molecule has 2 heteroatoms. The number of halogens is 1. The summed E-state index contributed by atoms with van der Waals surface area (Å²) in [6, 6.07) is 0. The molecule has 1 unspecified atom stereocenters. The van der Waals surface area contributed by atoms with Crippen molar-refractivity contribution in [3.8, 4) is 0 Å². The number of hydrogen-bond donors (Lipinski definition) is 1. The highest BCUT2D eigenvalue weighted by Crippen LogP contribution is 2.31. The van der Waals surface area contributed by atoms with Crippen LogP contribution in [0.15, 0.2) is 0 Å². The molecule has 116 valence electrons. The van der Waals surface area contributed by atoms with Crippen LogP contribution in [-0.2, 0) is 0 Å². The molecule has 0 aliphatic carbocycles. The minimum absolute atomic E-state index is 0.0171. The Balaban J connectivity index is 3.47. The van der Waals surface area contributed by atoms with Gasteiger partial charge in [0.25, 0.3) is 0 Å². The molecule has 0 aliphatic heterocycles. The summed E-state index contributed by atoms with van der Waals surface area (Å²) in [5.74, 6) is 0. The van der Waals surface area contributed by atoms with Crippen molar-refractivity contribution >= 4 is 15.9 Å². The number of hydrogen-bond acceptors (Lipinski definition) is 1. The van der Waals surface area contributed by atoms with Crippen LogP contribution in [0.2, 0.25) is 0 Å². The van der Waals surface area contributed by atoms with Crippen LogP contribution in [0, 0.1) is 0 Å². The summed E-state index contributed by atoms with van der Waals surface area (Å²) in [5, 5.41) is 0. The predicted molar refractivity (Wildman–Crippen MR) is 92.1 cm³/mol. The molecule has 19 heavy (non-hydrogen) atoms. The van der Waals surface area contributed by atoms with Gasteiger partial charge in [0.1, 0.15) is 0 Å². The lowest BCUT2D eigenvalue weighted by molar-refractivity contribution is 0.432. The van der Waals surface area contributed by atoms with Crippen LogP contribution in [-0.4, -0.2) is 9.86 Å². The molecule has 0 fully saturated rings. The fourth-order valence-electron chi connectivity index (χ4n) is 2.47. The lowest BCUT2D eigenvalue weighted by Crippen LogP contribution is -2.31. The van der Waals surface area contributed by atoms with E-state index in [0.29, 0.717) is 4.32 Å². The Morgan fingerprint density at radius 3 is 1.58 bits per heavy atom. The molecule has 1 atom stereocenters. The van der Waals surface area contributed by atoms with E-state index in [9.17, 15) is 0 Å². The standard InChI is InChI=1S/C17H36BrN/c1-5-6-7-11-14-17(4,18)15-12-9-8-10-13-16(2,3)19/h5-15,19H2,1-4H3. The van der Waals surface area contributed by atoms with Crippen molar-refractivity contribution in [2.24, 2.45) is 5.73 Å². The third-order valence-corrected chi connectivity index (χ3v) is 4.61. The van der Waals surface area contributed by atoms with Crippen molar-refractivity contribution in [3.63, 3.8) is 0 Å². The van der Waals surface area contributed by atoms with E-state index in [1.807, 2.05) is 0 Å². The molecular weight excluding hydrogens is 298 g/mol. The minimum atomic E-state index is 0.0171. The monoisotopic (exact) mass is 333 g/mol. The van der Waals surface area contributed by atoms with Gasteiger partial charge >= 0.3 is 0 Å². The fourth-order valence-corrected chi connectivity index (χ4v) is 3.03. The molecule has 0 bridgehead atoms. The van der Waals surface area contributed by atoms with E-state index in [4.69, 9.17) is 5.73 Å². The van der Waals surface area contributed by atoms with Gasteiger partial charge in [-0.1, -0.05) is 74.2 Å². The average Bonchev–Trinajstić information content (AvgIpc) is 2.28. The average molecular weight is 334 g/mol. The van der Waals surface area contributed by atoms with Gasteiger partial charge in [-0.2, -0.15) is 0 Å². The van der Waals surface area contributed by atoms with E-state index >= 15 is 0 Å². The van der Waals surface area contributed by atoms with Gasteiger partial charge < -0.3 is 5.73 Å². The topological polar surface area (TPSA) is 26.0 Å². The molecule has 0 aromatic rings. The molecule has 0 rings (SSSR count). The Hall–Kier alpha value is 0.440. The Kier molecular flexibility index (Phi) is 10.4. The summed E-state index contributed by atoms with van der Waals surface area (Å²) in [4.78, 5) is 0. The van der Waals surface area contributed by atoms with Crippen LogP contribution in [0.1, 0.15) is 98.3 Å². The van der Waals surface area contributed by atoms with Gasteiger partial charge in [0.15, 0.2) is 0 Å². The molecule has 1 nitrogen and oxygen atoms in total. The van der Waals surface area contributed by atoms with Crippen molar-refractivity contribution in [2.75, 3.05) is 0 Å². The quantitative estimate of drug-likeness (QED) is 0.334. The van der Waals surface area contributed by atoms with Crippen molar-refractivity contribution in [1.29, 1.82) is 0 Å². The van der Waals surface area contributed by atoms with E-state index in [-0.39, 0.29) is 5.54 Å². The first-order valence-corrected chi connectivity index (χ1v) is 9.04. The third kappa shape index (κ3) is 14.7. The van der Waals surface area contributed by atoms with E-state index in [2.05, 4.69) is 43.6 Å². The fraction of sp³-hybridized carbons (Fsp3) is 1.00. The highest BCUT2D eigenvalue weighted by atomic mass is 79.9. The Morgan fingerprint density at radius 1 is 0.737 bits per heavy atom. The van der Waals surface area contributed by atoms with Gasteiger partial charge in [0.2, 0.25) is 0 Å². The van der Waals surface area contributed by atoms with Crippen LogP contribution in [0.3, 0.4) is 0 Å². The van der Waals surface area contributed by atoms with Crippen LogP contribution < -0.4 is 5.73 Å². The van der Waals surface area contributed by atoms with Gasteiger partial charge in [-0.15, -0.1) is 0 Å². The summed E-state index contributed by atoms with van der Waals surface area (Å²) in [5.41, 5.74) is 6.01. The maximum Gasteiger partial charge on any atom is 0.0229 e. The highest BCUT2D eigenvalue weighted by Gasteiger charge is 2.18. The molecule has 0 saturated heterocycles. The zero-order valence-electron chi connectivity index (χ0n) is 13.7.